The lowest BCUT2D eigenvalue weighted by molar-refractivity contribution is 0.574. The predicted molar refractivity (Wildman–Crippen MR) is 88.9 cm³/mol. The summed E-state index contributed by atoms with van der Waals surface area (Å²) in [5, 5.41) is 3.55. The van der Waals surface area contributed by atoms with Gasteiger partial charge >= 0.3 is 0 Å². The molecule has 4 heteroatoms. The number of anilines is 2. The minimum Gasteiger partial charge on any atom is -0.399 e. The zero-order valence-corrected chi connectivity index (χ0v) is 13.7. The quantitative estimate of drug-likeness (QED) is 0.587. The van der Waals surface area contributed by atoms with Crippen LogP contribution in [0.25, 0.3) is 0 Å². The third-order valence-electron chi connectivity index (χ3n) is 3.32. The molecule has 96 valence electrons. The third kappa shape index (κ3) is 3.95. The van der Waals surface area contributed by atoms with Crippen LogP contribution in [0.4, 0.5) is 11.4 Å². The van der Waals surface area contributed by atoms with E-state index >= 15 is 0 Å². The van der Waals surface area contributed by atoms with Gasteiger partial charge in [0, 0.05) is 26.2 Å². The van der Waals surface area contributed by atoms with E-state index in [1.165, 1.54) is 22.1 Å². The Bertz CT molecular complexity index is 356. The van der Waals surface area contributed by atoms with Gasteiger partial charge in [0.15, 0.2) is 0 Å². The van der Waals surface area contributed by atoms with Gasteiger partial charge in [0.1, 0.15) is 0 Å². The van der Waals surface area contributed by atoms with E-state index in [2.05, 4.69) is 54.1 Å². The molecule has 2 nitrogen and oxygen atoms in total. The minimum absolute atomic E-state index is 0.338. The molecule has 0 fully saturated rings. The summed E-state index contributed by atoms with van der Waals surface area (Å²) in [5.41, 5.74) is 7.75. The van der Waals surface area contributed by atoms with Crippen molar-refractivity contribution in [3.8, 4) is 0 Å². The smallest absolute Gasteiger partial charge is 0.0477 e. The average Bonchev–Trinajstić information content (AvgIpc) is 2.33. The van der Waals surface area contributed by atoms with Gasteiger partial charge in [-0.05, 0) is 59.9 Å². The standard InChI is InChI=1S/C13H21IN2S/c1-4-13(5-2,17-3)9-16-12-7-6-10(15)8-11(12)14/h6-8,16H,4-5,9,15H2,1-3H3. The van der Waals surface area contributed by atoms with Gasteiger partial charge in [0.2, 0.25) is 0 Å². The van der Waals surface area contributed by atoms with Gasteiger partial charge in [-0.1, -0.05) is 13.8 Å². The van der Waals surface area contributed by atoms with Crippen molar-refractivity contribution in [3.63, 3.8) is 0 Å². The van der Waals surface area contributed by atoms with Gasteiger partial charge in [-0.25, -0.2) is 0 Å². The lowest BCUT2D eigenvalue weighted by Gasteiger charge is -2.30. The number of halogens is 1. The zero-order valence-electron chi connectivity index (χ0n) is 10.7. The number of nitrogens with two attached hydrogens (primary N) is 1. The Kier molecular flexibility index (Phi) is 5.92. The first-order chi connectivity index (χ1) is 8.06. The van der Waals surface area contributed by atoms with E-state index in [0.29, 0.717) is 4.75 Å². The van der Waals surface area contributed by atoms with Crippen molar-refractivity contribution in [2.75, 3.05) is 23.9 Å². The second kappa shape index (κ2) is 6.73. The molecule has 1 aromatic rings. The number of hydrogen-bond donors (Lipinski definition) is 2. The molecule has 1 rings (SSSR count). The SMILES string of the molecule is CCC(CC)(CNc1ccc(N)cc1I)SC. The van der Waals surface area contributed by atoms with Crippen molar-refractivity contribution in [1.29, 1.82) is 0 Å². The lowest BCUT2D eigenvalue weighted by Crippen LogP contribution is -2.32. The molecule has 0 saturated carbocycles. The fourth-order valence-electron chi connectivity index (χ4n) is 1.79. The normalized spacial score (nSPS) is 11.5. The molecular weight excluding hydrogens is 343 g/mol. The second-order valence-corrected chi connectivity index (χ2v) is 6.62. The Morgan fingerprint density at radius 3 is 2.47 bits per heavy atom. The number of nitrogens with one attached hydrogen (secondary N) is 1. The van der Waals surface area contributed by atoms with Crippen LogP contribution in [-0.4, -0.2) is 17.5 Å². The average molecular weight is 364 g/mol. The number of rotatable bonds is 6. The molecular formula is C13H21IN2S. The van der Waals surface area contributed by atoms with Crippen LogP contribution in [0.3, 0.4) is 0 Å². The molecule has 0 radical (unpaired) electrons. The minimum atomic E-state index is 0.338. The monoisotopic (exact) mass is 364 g/mol. The molecule has 3 N–H and O–H groups in total. The predicted octanol–water partition coefficient (Wildman–Crippen LogP) is 4.21. The maximum atomic E-state index is 5.75. The molecule has 1 aromatic carbocycles. The summed E-state index contributed by atoms with van der Waals surface area (Å²) in [4.78, 5) is 0. The molecule has 0 spiro atoms. The van der Waals surface area contributed by atoms with E-state index in [1.54, 1.807) is 0 Å². The van der Waals surface area contributed by atoms with E-state index in [-0.39, 0.29) is 0 Å². The first kappa shape index (κ1) is 15.0. The molecule has 0 amide bonds. The Labute approximate surface area is 122 Å². The molecule has 0 saturated heterocycles. The van der Waals surface area contributed by atoms with Gasteiger partial charge in [-0.15, -0.1) is 0 Å². The van der Waals surface area contributed by atoms with Crippen molar-refractivity contribution in [3.05, 3.63) is 21.8 Å². The maximum absolute atomic E-state index is 5.75. The zero-order chi connectivity index (χ0) is 12.9. The highest BCUT2D eigenvalue weighted by Crippen LogP contribution is 2.31. The van der Waals surface area contributed by atoms with Crippen LogP contribution in [0, 0.1) is 3.57 Å². The summed E-state index contributed by atoms with van der Waals surface area (Å²) in [7, 11) is 0. The highest BCUT2D eigenvalue weighted by atomic mass is 127. The Morgan fingerprint density at radius 1 is 1.35 bits per heavy atom. The molecule has 0 aliphatic carbocycles. The van der Waals surface area contributed by atoms with Crippen molar-refractivity contribution in [1.82, 2.24) is 0 Å². The summed E-state index contributed by atoms with van der Waals surface area (Å²) in [6.07, 6.45) is 4.56. The Hall–Kier alpha value is -0.100. The summed E-state index contributed by atoms with van der Waals surface area (Å²) in [6.45, 7) is 5.52. The second-order valence-electron chi connectivity index (χ2n) is 4.19. The highest BCUT2D eigenvalue weighted by molar-refractivity contribution is 14.1. The molecule has 0 atom stereocenters. The van der Waals surface area contributed by atoms with E-state index in [9.17, 15) is 0 Å². The van der Waals surface area contributed by atoms with Crippen LogP contribution in [0.5, 0.6) is 0 Å². The van der Waals surface area contributed by atoms with Crippen LogP contribution in [0.2, 0.25) is 0 Å². The summed E-state index contributed by atoms with van der Waals surface area (Å²) < 4.78 is 1.52. The van der Waals surface area contributed by atoms with Gasteiger partial charge in [-0.2, -0.15) is 11.8 Å². The maximum Gasteiger partial charge on any atom is 0.0477 e. The Morgan fingerprint density at radius 2 is 2.00 bits per heavy atom. The first-order valence-corrected chi connectivity index (χ1v) is 8.21. The molecule has 0 aromatic heterocycles. The van der Waals surface area contributed by atoms with Crippen LogP contribution in [0.1, 0.15) is 26.7 Å². The number of benzene rings is 1. The lowest BCUT2D eigenvalue weighted by atomic mass is 10.0. The Balaban J connectivity index is 2.72. The van der Waals surface area contributed by atoms with Gasteiger partial charge < -0.3 is 11.1 Å². The van der Waals surface area contributed by atoms with Crippen LogP contribution in [-0.2, 0) is 0 Å². The molecule has 17 heavy (non-hydrogen) atoms. The van der Waals surface area contributed by atoms with E-state index < -0.39 is 0 Å². The van der Waals surface area contributed by atoms with Crippen LogP contribution in [0.15, 0.2) is 18.2 Å². The van der Waals surface area contributed by atoms with Gasteiger partial charge in [-0.3, -0.25) is 0 Å². The topological polar surface area (TPSA) is 38.0 Å². The van der Waals surface area contributed by atoms with E-state index in [0.717, 1.165) is 12.2 Å². The number of thioether (sulfide) groups is 1. The van der Waals surface area contributed by atoms with Crippen LogP contribution >= 0.6 is 34.4 Å². The van der Waals surface area contributed by atoms with E-state index in [1.807, 2.05) is 23.9 Å². The molecule has 0 unspecified atom stereocenters. The first-order valence-electron chi connectivity index (χ1n) is 5.91. The van der Waals surface area contributed by atoms with Crippen molar-refractivity contribution in [2.24, 2.45) is 0 Å². The largest absolute Gasteiger partial charge is 0.399 e. The molecule has 0 heterocycles. The molecule has 0 aliphatic heterocycles. The fraction of sp³-hybridized carbons (Fsp3) is 0.538. The summed E-state index contributed by atoms with van der Waals surface area (Å²) in [6, 6.07) is 6.01. The van der Waals surface area contributed by atoms with Crippen LogP contribution < -0.4 is 11.1 Å². The van der Waals surface area contributed by atoms with Gasteiger partial charge in [0.05, 0.1) is 0 Å². The van der Waals surface area contributed by atoms with Crippen molar-refractivity contribution < 1.29 is 0 Å². The third-order valence-corrected chi connectivity index (χ3v) is 5.80. The van der Waals surface area contributed by atoms with E-state index in [4.69, 9.17) is 5.73 Å². The van der Waals surface area contributed by atoms with Crippen molar-refractivity contribution in [2.45, 2.75) is 31.4 Å². The molecule has 0 aliphatic rings. The van der Waals surface area contributed by atoms with Gasteiger partial charge in [0.25, 0.3) is 0 Å². The highest BCUT2D eigenvalue weighted by Gasteiger charge is 2.24. The molecule has 0 bridgehead atoms. The summed E-state index contributed by atoms with van der Waals surface area (Å²) >= 11 is 4.28. The number of nitrogen functional groups attached to an aromatic ring is 1. The fourth-order valence-corrected chi connectivity index (χ4v) is 3.32. The van der Waals surface area contributed by atoms with Crippen molar-refractivity contribution >= 4 is 45.7 Å². The number of hydrogen-bond acceptors (Lipinski definition) is 3. The summed E-state index contributed by atoms with van der Waals surface area (Å²) in [5.74, 6) is 0.